The third-order valence-corrected chi connectivity index (χ3v) is 7.38. The fourth-order valence-electron chi connectivity index (χ4n) is 4.58. The maximum absolute atomic E-state index is 10.7. The van der Waals surface area contributed by atoms with Gasteiger partial charge in [-0.15, -0.1) is 11.8 Å². The molecule has 0 bridgehead atoms. The minimum absolute atomic E-state index is 0.202. The predicted molar refractivity (Wildman–Crippen MR) is 128 cm³/mol. The Morgan fingerprint density at radius 3 is 2.53 bits per heavy atom. The van der Waals surface area contributed by atoms with Crippen LogP contribution in [0.2, 0.25) is 0 Å². The maximum atomic E-state index is 10.7. The molecule has 2 aromatic rings. The highest BCUT2D eigenvalue weighted by molar-refractivity contribution is 7.99. The average molecular weight is 455 g/mol. The van der Waals surface area contributed by atoms with E-state index in [1.807, 2.05) is 13.8 Å². The molecule has 1 aromatic carbocycles. The van der Waals surface area contributed by atoms with E-state index in [-0.39, 0.29) is 5.75 Å². The molecular formula is C24H30N4O3S. The van der Waals surface area contributed by atoms with E-state index < -0.39 is 11.6 Å². The van der Waals surface area contributed by atoms with Gasteiger partial charge < -0.3 is 15.6 Å². The molecule has 0 saturated heterocycles. The number of carbonyl (C=O) groups is 1. The fourth-order valence-corrected chi connectivity index (χ4v) is 5.53. The van der Waals surface area contributed by atoms with Crippen molar-refractivity contribution < 1.29 is 14.6 Å². The van der Waals surface area contributed by atoms with E-state index in [0.717, 1.165) is 42.7 Å². The van der Waals surface area contributed by atoms with Crippen LogP contribution in [0.15, 0.2) is 29.3 Å². The average Bonchev–Trinajstić information content (AvgIpc) is 2.73. The lowest BCUT2D eigenvalue weighted by Crippen LogP contribution is -2.41. The smallest absolute Gasteiger partial charge is 0.313 e. The number of hydrogen-bond acceptors (Lipinski definition) is 7. The van der Waals surface area contributed by atoms with Gasteiger partial charge in [0.25, 0.3) is 0 Å². The first kappa shape index (κ1) is 22.6. The summed E-state index contributed by atoms with van der Waals surface area (Å²) in [6.07, 6.45) is 4.60. The zero-order valence-corrected chi connectivity index (χ0v) is 19.6. The van der Waals surface area contributed by atoms with Crippen LogP contribution in [0.1, 0.15) is 62.4 Å². The van der Waals surface area contributed by atoms with Crippen LogP contribution in [0.5, 0.6) is 5.88 Å². The van der Waals surface area contributed by atoms with E-state index in [9.17, 15) is 4.79 Å². The lowest BCUT2D eigenvalue weighted by atomic mass is 9.79. The summed E-state index contributed by atoms with van der Waals surface area (Å²) in [4.78, 5) is 24.1. The summed E-state index contributed by atoms with van der Waals surface area (Å²) in [5.41, 5.74) is 9.11. The largest absolute Gasteiger partial charge is 0.481 e. The highest BCUT2D eigenvalue weighted by atomic mass is 32.2. The number of carboxylic acids is 1. The number of ether oxygens (including phenoxy) is 1. The molecule has 1 saturated carbocycles. The fraction of sp³-hybridized carbons (Fsp3) is 0.500. The summed E-state index contributed by atoms with van der Waals surface area (Å²) in [5.74, 6) is 2.92. The number of rotatable bonds is 6. The monoisotopic (exact) mass is 454 g/mol. The summed E-state index contributed by atoms with van der Waals surface area (Å²) in [6, 6.07) is 8.62. The highest BCUT2D eigenvalue weighted by Gasteiger charge is 2.35. The van der Waals surface area contributed by atoms with E-state index in [0.29, 0.717) is 35.0 Å². The molecule has 2 heterocycles. The molecule has 7 nitrogen and oxygen atoms in total. The van der Waals surface area contributed by atoms with Crippen LogP contribution in [0, 0.1) is 12.8 Å². The van der Waals surface area contributed by atoms with Gasteiger partial charge in [-0.25, -0.2) is 9.98 Å². The van der Waals surface area contributed by atoms with Crippen molar-refractivity contribution in [2.45, 2.75) is 58.0 Å². The SMILES string of the molecule is Cc1nc(N)c2c(n1)OC(C)(C)C(c1ccc([C@H]3CC[C@H](CSCC(=O)O)CC3)cc1)=N2. The summed E-state index contributed by atoms with van der Waals surface area (Å²) in [6.45, 7) is 5.76. The van der Waals surface area contributed by atoms with Crippen LogP contribution in [-0.2, 0) is 4.79 Å². The number of benzene rings is 1. The highest BCUT2D eigenvalue weighted by Crippen LogP contribution is 2.40. The van der Waals surface area contributed by atoms with Crippen LogP contribution in [0.3, 0.4) is 0 Å². The van der Waals surface area contributed by atoms with Gasteiger partial charge in [0.15, 0.2) is 11.5 Å². The third kappa shape index (κ3) is 4.90. The van der Waals surface area contributed by atoms with Crippen molar-refractivity contribution in [3.63, 3.8) is 0 Å². The normalized spacial score (nSPS) is 21.9. The molecule has 1 fully saturated rings. The van der Waals surface area contributed by atoms with Crippen LogP contribution in [0.25, 0.3) is 0 Å². The molecule has 8 heteroatoms. The zero-order chi connectivity index (χ0) is 22.9. The Bertz CT molecular complexity index is 1030. The third-order valence-electron chi connectivity index (χ3n) is 6.22. The molecule has 0 unspecified atom stereocenters. The quantitative estimate of drug-likeness (QED) is 0.648. The van der Waals surface area contributed by atoms with Crippen molar-refractivity contribution >= 4 is 34.9 Å². The number of thioether (sulfide) groups is 1. The zero-order valence-electron chi connectivity index (χ0n) is 18.8. The van der Waals surface area contributed by atoms with Gasteiger partial charge in [0.1, 0.15) is 11.4 Å². The molecule has 1 aliphatic carbocycles. The molecule has 0 spiro atoms. The minimum Gasteiger partial charge on any atom is -0.481 e. The number of nitrogens with zero attached hydrogens (tertiary/aromatic N) is 3. The van der Waals surface area contributed by atoms with Crippen molar-refractivity contribution in [2.75, 3.05) is 17.2 Å². The Balaban J connectivity index is 1.46. The van der Waals surface area contributed by atoms with Crippen LogP contribution in [0.4, 0.5) is 11.5 Å². The number of aromatic nitrogens is 2. The molecule has 4 rings (SSSR count). The lowest BCUT2D eigenvalue weighted by molar-refractivity contribution is -0.133. The van der Waals surface area contributed by atoms with Crippen molar-refractivity contribution in [2.24, 2.45) is 10.9 Å². The van der Waals surface area contributed by atoms with Crippen molar-refractivity contribution in [1.29, 1.82) is 0 Å². The number of fused-ring (bicyclic) bond motifs is 1. The number of nitrogen functional groups attached to an aromatic ring is 1. The van der Waals surface area contributed by atoms with Crippen LogP contribution in [-0.4, -0.2) is 43.9 Å². The first-order chi connectivity index (χ1) is 15.2. The van der Waals surface area contributed by atoms with Gasteiger partial charge in [0.05, 0.1) is 11.5 Å². The molecule has 2 aliphatic rings. The van der Waals surface area contributed by atoms with Gasteiger partial charge in [-0.1, -0.05) is 24.3 Å². The van der Waals surface area contributed by atoms with Crippen LogP contribution < -0.4 is 10.5 Å². The molecule has 32 heavy (non-hydrogen) atoms. The number of carboxylic acid groups (broad SMARTS) is 1. The second kappa shape index (κ2) is 9.10. The van der Waals surface area contributed by atoms with Crippen molar-refractivity contribution in [3.05, 3.63) is 41.2 Å². The van der Waals surface area contributed by atoms with E-state index in [4.69, 9.17) is 20.6 Å². The van der Waals surface area contributed by atoms with Gasteiger partial charge in [-0.2, -0.15) is 4.98 Å². The molecule has 0 atom stereocenters. The Hall–Kier alpha value is -2.61. The Labute approximate surface area is 192 Å². The van der Waals surface area contributed by atoms with Gasteiger partial charge in [-0.05, 0) is 69.6 Å². The van der Waals surface area contributed by atoms with Gasteiger partial charge in [0, 0.05) is 5.56 Å². The summed E-state index contributed by atoms with van der Waals surface area (Å²) < 4.78 is 6.15. The second-order valence-electron chi connectivity index (χ2n) is 9.13. The van der Waals surface area contributed by atoms with Gasteiger partial charge in [0.2, 0.25) is 5.88 Å². The topological polar surface area (TPSA) is 111 Å². The Kier molecular flexibility index (Phi) is 6.42. The van der Waals surface area contributed by atoms with E-state index in [2.05, 4.69) is 34.2 Å². The van der Waals surface area contributed by atoms with E-state index in [1.165, 1.54) is 17.3 Å². The number of aliphatic carboxylic acids is 1. The molecule has 3 N–H and O–H groups in total. The first-order valence-electron chi connectivity index (χ1n) is 11.0. The number of nitrogens with two attached hydrogens (primary N) is 1. The molecular weight excluding hydrogens is 424 g/mol. The molecule has 170 valence electrons. The van der Waals surface area contributed by atoms with Gasteiger partial charge >= 0.3 is 5.97 Å². The standard InChI is InChI=1S/C24H30N4O3S/c1-14-26-22(25)20-23(27-14)31-24(2,3)21(28-20)18-10-8-17(9-11-18)16-6-4-15(5-7-16)12-32-13-19(29)30/h8-11,15-16H,4-7,12-13H2,1-3H3,(H,29,30)(H2,25,26,27)/t15-,16-. The molecule has 0 amide bonds. The summed E-state index contributed by atoms with van der Waals surface area (Å²) in [7, 11) is 0. The molecule has 1 aliphatic heterocycles. The Morgan fingerprint density at radius 1 is 1.19 bits per heavy atom. The lowest BCUT2D eigenvalue weighted by Gasteiger charge is -2.32. The van der Waals surface area contributed by atoms with E-state index in [1.54, 1.807) is 6.92 Å². The molecule has 0 radical (unpaired) electrons. The summed E-state index contributed by atoms with van der Waals surface area (Å²) >= 11 is 1.54. The first-order valence-corrected chi connectivity index (χ1v) is 12.2. The predicted octanol–water partition coefficient (Wildman–Crippen LogP) is 4.75. The number of anilines is 1. The summed E-state index contributed by atoms with van der Waals surface area (Å²) in [5, 5.41) is 8.81. The van der Waals surface area contributed by atoms with E-state index >= 15 is 0 Å². The maximum Gasteiger partial charge on any atom is 0.313 e. The minimum atomic E-state index is -0.728. The second-order valence-corrected chi connectivity index (χ2v) is 10.2. The number of aryl methyl sites for hydroxylation is 1. The van der Waals surface area contributed by atoms with Gasteiger partial charge in [-0.3, -0.25) is 4.79 Å². The molecule has 1 aromatic heterocycles. The number of hydrogen-bond donors (Lipinski definition) is 2. The Morgan fingerprint density at radius 2 is 1.88 bits per heavy atom. The van der Waals surface area contributed by atoms with Crippen LogP contribution >= 0.6 is 11.8 Å². The van der Waals surface area contributed by atoms with Crippen molar-refractivity contribution in [1.82, 2.24) is 9.97 Å². The van der Waals surface area contributed by atoms with Crippen molar-refractivity contribution in [3.8, 4) is 5.88 Å². The number of aliphatic imine (C=N–C) groups is 1.